The van der Waals surface area contributed by atoms with Crippen molar-refractivity contribution in [2.45, 2.75) is 0 Å². The van der Waals surface area contributed by atoms with Crippen molar-refractivity contribution < 1.29 is 0 Å². The molecule has 0 aliphatic carbocycles. The molecule has 0 aliphatic heterocycles. The van der Waals surface area contributed by atoms with Crippen LogP contribution >= 0.6 is 0 Å². The zero-order valence-corrected chi connectivity index (χ0v) is 26.2. The molecule has 0 spiro atoms. The second-order valence-corrected chi connectivity index (χ2v) is 11.7. The van der Waals surface area contributed by atoms with Crippen LogP contribution in [0.2, 0.25) is 0 Å². The molecule has 0 fully saturated rings. The molecule has 0 saturated heterocycles. The van der Waals surface area contributed by atoms with Gasteiger partial charge in [0.15, 0.2) is 17.5 Å². The van der Waals surface area contributed by atoms with Crippen LogP contribution in [0, 0.1) is 0 Å². The van der Waals surface area contributed by atoms with Gasteiger partial charge < -0.3 is 0 Å². The van der Waals surface area contributed by atoms with E-state index in [1.807, 2.05) is 60.7 Å². The first kappa shape index (κ1) is 29.0. The maximum atomic E-state index is 4.94. The minimum absolute atomic E-state index is 0.645. The highest BCUT2D eigenvalue weighted by Crippen LogP contribution is 2.33. The molecule has 1 heterocycles. The van der Waals surface area contributed by atoms with Crippen molar-refractivity contribution in [3.63, 3.8) is 0 Å². The number of hydrogen-bond acceptors (Lipinski definition) is 3. The summed E-state index contributed by atoms with van der Waals surface area (Å²) in [5, 5.41) is 0. The van der Waals surface area contributed by atoms with Crippen molar-refractivity contribution in [3.8, 4) is 78.7 Å². The van der Waals surface area contributed by atoms with Gasteiger partial charge >= 0.3 is 0 Å². The Morgan fingerprint density at radius 3 is 0.771 bits per heavy atom. The highest BCUT2D eigenvalue weighted by Gasteiger charge is 2.13. The Morgan fingerprint density at radius 2 is 0.417 bits per heavy atom. The van der Waals surface area contributed by atoms with E-state index in [0.29, 0.717) is 17.5 Å². The molecule has 0 amide bonds. The van der Waals surface area contributed by atoms with Crippen LogP contribution in [0.3, 0.4) is 0 Å². The minimum Gasteiger partial charge on any atom is -0.208 e. The maximum Gasteiger partial charge on any atom is 0.164 e. The second kappa shape index (κ2) is 13.1. The van der Waals surface area contributed by atoms with Crippen LogP contribution in [0.25, 0.3) is 78.7 Å². The van der Waals surface area contributed by atoms with E-state index >= 15 is 0 Å². The largest absolute Gasteiger partial charge is 0.208 e. The molecule has 0 N–H and O–H groups in total. The summed E-state index contributed by atoms with van der Waals surface area (Å²) in [5.41, 5.74) is 12.2. The minimum atomic E-state index is 0.645. The average Bonchev–Trinajstić information content (AvgIpc) is 3.19. The lowest BCUT2D eigenvalue weighted by atomic mass is 9.94. The number of rotatable bonds is 7. The van der Waals surface area contributed by atoms with Crippen LogP contribution in [-0.4, -0.2) is 15.0 Å². The fraction of sp³-hybridized carbons (Fsp3) is 0. The van der Waals surface area contributed by atoms with Gasteiger partial charge in [-0.05, 0) is 68.8 Å². The van der Waals surface area contributed by atoms with Gasteiger partial charge in [-0.15, -0.1) is 0 Å². The number of nitrogens with zero attached hydrogens (tertiary/aromatic N) is 3. The normalized spacial score (nSPS) is 10.9. The Labute approximate surface area is 280 Å². The highest BCUT2D eigenvalue weighted by atomic mass is 15.0. The summed E-state index contributed by atoms with van der Waals surface area (Å²) in [6.07, 6.45) is 0. The molecule has 1 aromatic heterocycles. The topological polar surface area (TPSA) is 38.7 Å². The smallest absolute Gasteiger partial charge is 0.164 e. The predicted molar refractivity (Wildman–Crippen MR) is 198 cm³/mol. The summed E-state index contributed by atoms with van der Waals surface area (Å²) in [7, 11) is 0. The van der Waals surface area contributed by atoms with E-state index in [2.05, 4.69) is 127 Å². The summed E-state index contributed by atoms with van der Waals surface area (Å²) in [6.45, 7) is 0. The molecule has 7 aromatic carbocycles. The first-order valence-electron chi connectivity index (χ1n) is 16.1. The van der Waals surface area contributed by atoms with Gasteiger partial charge in [-0.25, -0.2) is 15.0 Å². The van der Waals surface area contributed by atoms with Crippen LogP contribution in [0.4, 0.5) is 0 Å². The van der Waals surface area contributed by atoms with Crippen molar-refractivity contribution in [1.82, 2.24) is 15.0 Å². The number of benzene rings is 7. The molecule has 226 valence electrons. The Hall–Kier alpha value is -6.45. The van der Waals surface area contributed by atoms with Crippen molar-refractivity contribution in [1.29, 1.82) is 0 Å². The molecule has 8 rings (SSSR count). The third-order valence-corrected chi connectivity index (χ3v) is 8.51. The third kappa shape index (κ3) is 6.18. The van der Waals surface area contributed by atoms with Crippen molar-refractivity contribution in [2.75, 3.05) is 0 Å². The lowest BCUT2D eigenvalue weighted by molar-refractivity contribution is 1.07. The molecule has 0 aliphatic rings. The van der Waals surface area contributed by atoms with E-state index in [-0.39, 0.29) is 0 Å². The average molecular weight is 614 g/mol. The van der Waals surface area contributed by atoms with Gasteiger partial charge in [-0.2, -0.15) is 0 Å². The standard InChI is InChI=1S/C45H31N3/c1-4-14-32(15-5-1)35-20-10-21-36(28-35)37-22-11-23-38(29-37)39-24-12-25-40(30-39)41-26-13-27-42(31-41)45-47-43(33-16-6-2-7-17-33)46-44(48-45)34-18-8-3-9-19-34/h1-31H. The van der Waals surface area contributed by atoms with Gasteiger partial charge in [0.25, 0.3) is 0 Å². The number of hydrogen-bond donors (Lipinski definition) is 0. The highest BCUT2D eigenvalue weighted by molar-refractivity contribution is 5.80. The van der Waals surface area contributed by atoms with Crippen LogP contribution in [-0.2, 0) is 0 Å². The first-order valence-corrected chi connectivity index (χ1v) is 16.1. The molecule has 3 nitrogen and oxygen atoms in total. The lowest BCUT2D eigenvalue weighted by Gasteiger charge is -2.11. The van der Waals surface area contributed by atoms with E-state index < -0.39 is 0 Å². The quantitative estimate of drug-likeness (QED) is 0.179. The maximum absolute atomic E-state index is 4.94. The third-order valence-electron chi connectivity index (χ3n) is 8.51. The monoisotopic (exact) mass is 613 g/mol. The molecule has 8 aromatic rings. The van der Waals surface area contributed by atoms with E-state index in [4.69, 9.17) is 15.0 Å². The van der Waals surface area contributed by atoms with Crippen LogP contribution in [0.15, 0.2) is 188 Å². The van der Waals surface area contributed by atoms with Crippen LogP contribution < -0.4 is 0 Å². The molecule has 0 bridgehead atoms. The van der Waals surface area contributed by atoms with E-state index in [9.17, 15) is 0 Å². The summed E-state index contributed by atoms with van der Waals surface area (Å²) in [5.74, 6) is 1.95. The first-order chi connectivity index (χ1) is 23.8. The summed E-state index contributed by atoms with van der Waals surface area (Å²) >= 11 is 0. The van der Waals surface area contributed by atoms with Gasteiger partial charge in [0.2, 0.25) is 0 Å². The zero-order chi connectivity index (χ0) is 32.1. The van der Waals surface area contributed by atoms with E-state index in [0.717, 1.165) is 33.4 Å². The van der Waals surface area contributed by atoms with Crippen molar-refractivity contribution in [2.24, 2.45) is 0 Å². The Bertz CT molecular complexity index is 2270. The SMILES string of the molecule is c1ccc(-c2cccc(-c3cccc(-c4cccc(-c5cccc(-c6nc(-c7ccccc7)nc(-c7ccccc7)n6)c5)c4)c3)c2)cc1. The zero-order valence-electron chi connectivity index (χ0n) is 26.2. The van der Waals surface area contributed by atoms with E-state index in [1.54, 1.807) is 0 Å². The van der Waals surface area contributed by atoms with Crippen LogP contribution in [0.5, 0.6) is 0 Å². The molecule has 3 heteroatoms. The molecule has 48 heavy (non-hydrogen) atoms. The molecular formula is C45H31N3. The van der Waals surface area contributed by atoms with Gasteiger partial charge in [-0.1, -0.05) is 164 Å². The fourth-order valence-corrected chi connectivity index (χ4v) is 6.04. The number of aromatic nitrogens is 3. The van der Waals surface area contributed by atoms with Crippen molar-refractivity contribution >= 4 is 0 Å². The van der Waals surface area contributed by atoms with Gasteiger partial charge in [0.05, 0.1) is 0 Å². The van der Waals surface area contributed by atoms with E-state index in [1.165, 1.54) is 27.8 Å². The Morgan fingerprint density at radius 1 is 0.188 bits per heavy atom. The summed E-state index contributed by atoms with van der Waals surface area (Å²) < 4.78 is 0. The predicted octanol–water partition coefficient (Wildman–Crippen LogP) is 11.5. The molecule has 0 atom stereocenters. The Kier molecular flexibility index (Phi) is 7.92. The molecule has 0 unspecified atom stereocenters. The molecule has 0 radical (unpaired) electrons. The molecule has 0 saturated carbocycles. The summed E-state index contributed by atoms with van der Waals surface area (Å²) in [4.78, 5) is 14.7. The van der Waals surface area contributed by atoms with Gasteiger partial charge in [-0.3, -0.25) is 0 Å². The van der Waals surface area contributed by atoms with Crippen LogP contribution in [0.1, 0.15) is 0 Å². The Balaban J connectivity index is 1.14. The fourth-order valence-electron chi connectivity index (χ4n) is 6.04. The second-order valence-electron chi connectivity index (χ2n) is 11.7. The summed E-state index contributed by atoms with van der Waals surface area (Å²) in [6, 6.07) is 65.4. The van der Waals surface area contributed by atoms with Gasteiger partial charge in [0, 0.05) is 16.7 Å². The van der Waals surface area contributed by atoms with Crippen molar-refractivity contribution in [3.05, 3.63) is 188 Å². The lowest BCUT2D eigenvalue weighted by Crippen LogP contribution is -2.00. The van der Waals surface area contributed by atoms with Gasteiger partial charge in [0.1, 0.15) is 0 Å². The molecular weight excluding hydrogens is 583 g/mol.